The van der Waals surface area contributed by atoms with E-state index in [1.807, 2.05) is 6.07 Å². The highest BCUT2D eigenvalue weighted by atomic mass is 35.5. The zero-order valence-corrected chi connectivity index (χ0v) is 12.7. The van der Waals surface area contributed by atoms with Gasteiger partial charge in [-0.05, 0) is 30.5 Å². The lowest BCUT2D eigenvalue weighted by atomic mass is 10.2. The molecule has 3 rings (SSSR count). The van der Waals surface area contributed by atoms with Gasteiger partial charge in [0.15, 0.2) is 0 Å². The first kappa shape index (κ1) is 14.8. The van der Waals surface area contributed by atoms with Crippen LogP contribution in [0, 0.1) is 0 Å². The van der Waals surface area contributed by atoms with Crippen LogP contribution < -0.4 is 5.32 Å². The molecule has 2 saturated heterocycles. The van der Waals surface area contributed by atoms with Gasteiger partial charge in [-0.15, -0.1) is 0 Å². The number of urea groups is 1. The third-order valence-electron chi connectivity index (χ3n) is 3.96. The van der Waals surface area contributed by atoms with Gasteiger partial charge in [0.05, 0.1) is 0 Å². The molecular formula is C15H16ClN3O3. The van der Waals surface area contributed by atoms with Crippen LogP contribution in [0.3, 0.4) is 0 Å². The average molecular weight is 322 g/mol. The van der Waals surface area contributed by atoms with Crippen LogP contribution >= 0.6 is 11.6 Å². The van der Waals surface area contributed by atoms with Crippen LogP contribution in [0.4, 0.5) is 4.79 Å². The molecule has 1 unspecified atom stereocenters. The zero-order valence-electron chi connectivity index (χ0n) is 11.9. The van der Waals surface area contributed by atoms with Gasteiger partial charge in [0, 0.05) is 18.1 Å². The molecule has 0 spiro atoms. The van der Waals surface area contributed by atoms with E-state index in [1.54, 1.807) is 23.1 Å². The van der Waals surface area contributed by atoms with Gasteiger partial charge in [-0.1, -0.05) is 23.7 Å². The van der Waals surface area contributed by atoms with Crippen LogP contribution in [0.1, 0.15) is 18.4 Å². The fraction of sp³-hybridized carbons (Fsp3) is 0.400. The van der Waals surface area contributed by atoms with Crippen molar-refractivity contribution >= 4 is 29.4 Å². The molecule has 1 N–H and O–H groups in total. The minimum atomic E-state index is -0.367. The summed E-state index contributed by atoms with van der Waals surface area (Å²) < 4.78 is 0. The lowest BCUT2D eigenvalue weighted by Crippen LogP contribution is -2.41. The number of nitrogens with one attached hydrogen (secondary N) is 1. The van der Waals surface area contributed by atoms with E-state index in [-0.39, 0.29) is 30.4 Å². The third kappa shape index (κ3) is 2.78. The molecule has 6 nitrogen and oxygen atoms in total. The van der Waals surface area contributed by atoms with Crippen molar-refractivity contribution < 1.29 is 14.4 Å². The molecule has 1 atom stereocenters. The maximum Gasteiger partial charge on any atom is 0.327 e. The van der Waals surface area contributed by atoms with Gasteiger partial charge in [0.2, 0.25) is 5.91 Å². The molecule has 2 heterocycles. The largest absolute Gasteiger partial charge is 0.350 e. The Morgan fingerprint density at radius 3 is 2.91 bits per heavy atom. The monoisotopic (exact) mass is 321 g/mol. The van der Waals surface area contributed by atoms with Crippen LogP contribution in [0.5, 0.6) is 0 Å². The second kappa shape index (κ2) is 5.96. The summed E-state index contributed by atoms with van der Waals surface area (Å²) in [6, 6.07) is 6.42. The molecule has 22 heavy (non-hydrogen) atoms. The van der Waals surface area contributed by atoms with Crippen molar-refractivity contribution in [2.45, 2.75) is 25.4 Å². The summed E-state index contributed by atoms with van der Waals surface area (Å²) >= 11 is 5.87. The topological polar surface area (TPSA) is 69.7 Å². The first-order valence-corrected chi connectivity index (χ1v) is 7.57. The molecule has 0 bridgehead atoms. The molecule has 2 aliphatic heterocycles. The van der Waals surface area contributed by atoms with Crippen LogP contribution in [0.2, 0.25) is 5.02 Å². The summed E-state index contributed by atoms with van der Waals surface area (Å²) in [5.41, 5.74) is 0.862. The summed E-state index contributed by atoms with van der Waals surface area (Å²) in [4.78, 5) is 38.7. The molecular weight excluding hydrogens is 306 g/mol. The molecule has 1 aromatic carbocycles. The number of hydrogen-bond acceptors (Lipinski definition) is 3. The van der Waals surface area contributed by atoms with E-state index in [9.17, 15) is 14.4 Å². The van der Waals surface area contributed by atoms with E-state index >= 15 is 0 Å². The molecule has 1 aromatic rings. The van der Waals surface area contributed by atoms with Crippen LogP contribution in [-0.4, -0.2) is 46.8 Å². The van der Waals surface area contributed by atoms with E-state index in [0.717, 1.165) is 16.9 Å². The molecule has 2 aliphatic rings. The second-order valence-electron chi connectivity index (χ2n) is 5.47. The molecule has 2 fully saturated rings. The number of fused-ring (bicyclic) bond motifs is 1. The zero-order chi connectivity index (χ0) is 15.7. The van der Waals surface area contributed by atoms with Gasteiger partial charge in [0.1, 0.15) is 12.6 Å². The minimum Gasteiger partial charge on any atom is -0.350 e. The van der Waals surface area contributed by atoms with Gasteiger partial charge in [-0.3, -0.25) is 14.5 Å². The van der Waals surface area contributed by atoms with Crippen molar-refractivity contribution in [3.05, 3.63) is 34.9 Å². The first-order valence-electron chi connectivity index (χ1n) is 7.19. The average Bonchev–Trinajstić information content (AvgIpc) is 3.05. The Morgan fingerprint density at radius 2 is 2.18 bits per heavy atom. The highest BCUT2D eigenvalue weighted by Crippen LogP contribution is 2.26. The standard InChI is InChI=1S/C15H16ClN3O3/c16-11-4-1-3-10(7-11)8-17-13(20)9-19-14(21)12-5-2-6-18(12)15(19)22/h1,3-4,7,12H,2,5-6,8-9H2,(H,17,20). The summed E-state index contributed by atoms with van der Waals surface area (Å²) in [6.45, 7) is 0.670. The Morgan fingerprint density at radius 1 is 1.36 bits per heavy atom. The fourth-order valence-electron chi connectivity index (χ4n) is 2.87. The van der Waals surface area contributed by atoms with E-state index in [4.69, 9.17) is 11.6 Å². The number of hydrogen-bond donors (Lipinski definition) is 1. The minimum absolute atomic E-state index is 0.231. The molecule has 0 aromatic heterocycles. The van der Waals surface area contributed by atoms with Crippen molar-refractivity contribution in [2.24, 2.45) is 0 Å². The molecule has 116 valence electrons. The highest BCUT2D eigenvalue weighted by Gasteiger charge is 2.47. The Balaban J connectivity index is 1.56. The Labute approximate surface area is 133 Å². The Bertz CT molecular complexity index is 612. The van der Waals surface area contributed by atoms with Crippen LogP contribution in [0.15, 0.2) is 24.3 Å². The number of amides is 4. The van der Waals surface area contributed by atoms with E-state index in [1.165, 1.54) is 0 Å². The second-order valence-corrected chi connectivity index (χ2v) is 5.90. The number of carbonyl (C=O) groups is 3. The number of imide groups is 1. The van der Waals surface area contributed by atoms with Gasteiger partial charge in [0.25, 0.3) is 5.91 Å². The van der Waals surface area contributed by atoms with E-state index < -0.39 is 0 Å². The summed E-state index contributed by atoms with van der Waals surface area (Å²) in [5, 5.41) is 3.29. The van der Waals surface area contributed by atoms with E-state index in [0.29, 0.717) is 24.5 Å². The lowest BCUT2D eigenvalue weighted by molar-refractivity contribution is -0.132. The lowest BCUT2D eigenvalue weighted by Gasteiger charge is -2.15. The molecule has 0 aliphatic carbocycles. The van der Waals surface area contributed by atoms with Crippen LogP contribution in [0.25, 0.3) is 0 Å². The number of carbonyl (C=O) groups excluding carboxylic acids is 3. The summed E-state index contributed by atoms with van der Waals surface area (Å²) in [5.74, 6) is -0.622. The molecule has 4 amide bonds. The smallest absolute Gasteiger partial charge is 0.327 e. The maximum absolute atomic E-state index is 12.1. The van der Waals surface area contributed by atoms with Gasteiger partial charge >= 0.3 is 6.03 Å². The SMILES string of the molecule is O=C(CN1C(=O)C2CCCN2C1=O)NCc1cccc(Cl)c1. The van der Waals surface area contributed by atoms with Crippen molar-refractivity contribution in [3.63, 3.8) is 0 Å². The van der Waals surface area contributed by atoms with Crippen molar-refractivity contribution in [3.8, 4) is 0 Å². The van der Waals surface area contributed by atoms with Crippen molar-refractivity contribution in [1.29, 1.82) is 0 Å². The van der Waals surface area contributed by atoms with Gasteiger partial charge < -0.3 is 10.2 Å². The van der Waals surface area contributed by atoms with E-state index in [2.05, 4.69) is 5.32 Å². The predicted octanol–water partition coefficient (Wildman–Crippen LogP) is 1.38. The van der Waals surface area contributed by atoms with Gasteiger partial charge in [-0.2, -0.15) is 0 Å². The Hall–Kier alpha value is -2.08. The summed E-state index contributed by atoms with van der Waals surface area (Å²) in [7, 11) is 0. The molecule has 7 heteroatoms. The number of benzene rings is 1. The quantitative estimate of drug-likeness (QED) is 0.852. The van der Waals surface area contributed by atoms with Crippen LogP contribution in [-0.2, 0) is 16.1 Å². The molecule has 0 radical (unpaired) electrons. The van der Waals surface area contributed by atoms with Gasteiger partial charge in [-0.25, -0.2) is 4.79 Å². The number of halogens is 1. The van der Waals surface area contributed by atoms with Crippen molar-refractivity contribution in [1.82, 2.24) is 15.1 Å². The predicted molar refractivity (Wildman–Crippen MR) is 80.1 cm³/mol. The van der Waals surface area contributed by atoms with Crippen molar-refractivity contribution in [2.75, 3.05) is 13.1 Å². The maximum atomic E-state index is 12.1. The normalized spacial score (nSPS) is 20.5. The number of rotatable bonds is 4. The number of nitrogens with zero attached hydrogens (tertiary/aromatic N) is 2. The fourth-order valence-corrected chi connectivity index (χ4v) is 3.09. The third-order valence-corrected chi connectivity index (χ3v) is 4.20. The Kier molecular flexibility index (Phi) is 4.02. The highest BCUT2D eigenvalue weighted by molar-refractivity contribution is 6.30. The summed E-state index contributed by atoms with van der Waals surface area (Å²) in [6.07, 6.45) is 1.53. The first-order chi connectivity index (χ1) is 10.6. The molecule has 0 saturated carbocycles.